The molecule has 0 bridgehead atoms. The van der Waals surface area contributed by atoms with Gasteiger partial charge >= 0.3 is 5.97 Å². The molecule has 72 valence electrons. The summed E-state index contributed by atoms with van der Waals surface area (Å²) in [5, 5.41) is 8.41. The summed E-state index contributed by atoms with van der Waals surface area (Å²) >= 11 is 0. The van der Waals surface area contributed by atoms with E-state index in [1.54, 1.807) is 6.08 Å². The van der Waals surface area contributed by atoms with E-state index in [1.807, 2.05) is 20.8 Å². The van der Waals surface area contributed by atoms with Crippen molar-refractivity contribution in [1.29, 1.82) is 0 Å². The number of rotatable bonds is 3. The summed E-state index contributed by atoms with van der Waals surface area (Å²) < 4.78 is 0. The van der Waals surface area contributed by atoms with E-state index in [9.17, 15) is 4.79 Å². The molecule has 0 fully saturated rings. The molecule has 13 heavy (non-hydrogen) atoms. The second kappa shape index (κ2) is 6.30. The van der Waals surface area contributed by atoms with Crippen LogP contribution >= 0.6 is 0 Å². The monoisotopic (exact) mass is 180 g/mol. The van der Waals surface area contributed by atoms with Gasteiger partial charge in [-0.2, -0.15) is 0 Å². The number of aliphatic carboxylic acids is 1. The van der Waals surface area contributed by atoms with Gasteiger partial charge < -0.3 is 5.11 Å². The minimum absolute atomic E-state index is 0.186. The van der Waals surface area contributed by atoms with E-state index in [-0.39, 0.29) is 6.42 Å². The smallest absolute Gasteiger partial charge is 0.303 e. The van der Waals surface area contributed by atoms with Crippen LogP contribution in [-0.4, -0.2) is 11.1 Å². The second-order valence-corrected chi connectivity index (χ2v) is 3.33. The van der Waals surface area contributed by atoms with Crippen molar-refractivity contribution in [1.82, 2.24) is 0 Å². The van der Waals surface area contributed by atoms with Crippen LogP contribution in [0.3, 0.4) is 0 Å². The van der Waals surface area contributed by atoms with Crippen molar-refractivity contribution in [3.63, 3.8) is 0 Å². The lowest BCUT2D eigenvalue weighted by atomic mass is 10.1. The van der Waals surface area contributed by atoms with E-state index < -0.39 is 5.97 Å². The van der Waals surface area contributed by atoms with Gasteiger partial charge in [0.05, 0.1) is 0 Å². The Hall–Kier alpha value is -1.23. The third kappa shape index (κ3) is 8.68. The Morgan fingerprint density at radius 2 is 2.08 bits per heavy atom. The minimum Gasteiger partial charge on any atom is -0.481 e. The van der Waals surface area contributed by atoms with E-state index in [0.717, 1.165) is 5.57 Å². The fraction of sp³-hybridized carbons (Fsp3) is 0.545. The summed E-state index contributed by atoms with van der Waals surface area (Å²) in [5.41, 5.74) is 1.02. The Morgan fingerprint density at radius 3 is 2.54 bits per heavy atom. The second-order valence-electron chi connectivity index (χ2n) is 3.33. The quantitative estimate of drug-likeness (QED) is 0.677. The molecule has 0 spiro atoms. The molecule has 0 rings (SSSR count). The Labute approximate surface area is 79.7 Å². The molecule has 0 aliphatic rings. The summed E-state index contributed by atoms with van der Waals surface area (Å²) in [6.45, 7) is 5.94. The Balaban J connectivity index is 3.91. The van der Waals surface area contributed by atoms with Crippen LogP contribution in [-0.2, 0) is 4.79 Å². The maximum Gasteiger partial charge on any atom is 0.303 e. The van der Waals surface area contributed by atoms with Crippen LogP contribution in [0.1, 0.15) is 33.6 Å². The molecule has 0 aromatic heterocycles. The highest BCUT2D eigenvalue weighted by Gasteiger charge is 1.96. The standard InChI is InChI=1S/C11H16O2/c1-9(2)5-4-6-10(3)7-8-11(12)13/h6,9H,7-8H2,1-3H3,(H,12,13). The number of carbonyl (C=O) groups is 1. The Bertz CT molecular complexity index is 251. The van der Waals surface area contributed by atoms with Crippen LogP contribution in [0, 0.1) is 17.8 Å². The molecule has 2 nitrogen and oxygen atoms in total. The van der Waals surface area contributed by atoms with Crippen molar-refractivity contribution in [2.75, 3.05) is 0 Å². The van der Waals surface area contributed by atoms with Crippen molar-refractivity contribution < 1.29 is 9.90 Å². The normalized spacial score (nSPS) is 10.9. The highest BCUT2D eigenvalue weighted by atomic mass is 16.4. The molecular formula is C11H16O2. The number of carboxylic acids is 1. The summed E-state index contributed by atoms with van der Waals surface area (Å²) in [5.74, 6) is 5.50. The Morgan fingerprint density at radius 1 is 1.46 bits per heavy atom. The van der Waals surface area contributed by atoms with Gasteiger partial charge in [0.2, 0.25) is 0 Å². The molecule has 2 heteroatoms. The average molecular weight is 180 g/mol. The molecule has 0 amide bonds. The lowest BCUT2D eigenvalue weighted by Crippen LogP contribution is -1.93. The average Bonchev–Trinajstić information content (AvgIpc) is 2.00. The molecule has 0 aliphatic carbocycles. The van der Waals surface area contributed by atoms with Gasteiger partial charge in [0.25, 0.3) is 0 Å². The summed E-state index contributed by atoms with van der Waals surface area (Å²) in [4.78, 5) is 10.2. The van der Waals surface area contributed by atoms with Gasteiger partial charge in [0.1, 0.15) is 0 Å². The fourth-order valence-corrected chi connectivity index (χ4v) is 0.708. The molecule has 1 N–H and O–H groups in total. The predicted octanol–water partition coefficient (Wildman–Crippen LogP) is 2.46. The van der Waals surface area contributed by atoms with Crippen LogP contribution in [0.25, 0.3) is 0 Å². The van der Waals surface area contributed by atoms with Crippen molar-refractivity contribution in [2.45, 2.75) is 33.6 Å². The largest absolute Gasteiger partial charge is 0.481 e. The number of hydrogen-bond donors (Lipinski definition) is 1. The zero-order valence-corrected chi connectivity index (χ0v) is 8.42. The van der Waals surface area contributed by atoms with E-state index in [0.29, 0.717) is 12.3 Å². The van der Waals surface area contributed by atoms with Gasteiger partial charge in [0.15, 0.2) is 0 Å². The van der Waals surface area contributed by atoms with E-state index in [1.165, 1.54) is 0 Å². The van der Waals surface area contributed by atoms with Crippen molar-refractivity contribution >= 4 is 5.97 Å². The third-order valence-corrected chi connectivity index (χ3v) is 1.42. The SMILES string of the molecule is CC(=CC#CC(C)C)CCC(=O)O. The van der Waals surface area contributed by atoms with Gasteiger partial charge in [-0.1, -0.05) is 31.3 Å². The molecule has 0 aromatic carbocycles. The first-order valence-corrected chi connectivity index (χ1v) is 4.41. The molecule has 0 atom stereocenters. The predicted molar refractivity (Wildman–Crippen MR) is 53.2 cm³/mol. The van der Waals surface area contributed by atoms with Gasteiger partial charge in [-0.3, -0.25) is 4.79 Å². The van der Waals surface area contributed by atoms with E-state index >= 15 is 0 Å². The molecule has 0 saturated heterocycles. The van der Waals surface area contributed by atoms with Gasteiger partial charge in [0, 0.05) is 12.3 Å². The topological polar surface area (TPSA) is 37.3 Å². The molecular weight excluding hydrogens is 164 g/mol. The van der Waals surface area contributed by atoms with Gasteiger partial charge in [-0.05, 0) is 19.4 Å². The van der Waals surface area contributed by atoms with Crippen LogP contribution < -0.4 is 0 Å². The van der Waals surface area contributed by atoms with Crippen LogP contribution in [0.5, 0.6) is 0 Å². The molecule has 0 radical (unpaired) electrons. The zero-order valence-electron chi connectivity index (χ0n) is 8.42. The molecule has 0 unspecified atom stereocenters. The van der Waals surface area contributed by atoms with E-state index in [4.69, 9.17) is 5.11 Å². The lowest BCUT2D eigenvalue weighted by molar-refractivity contribution is -0.136. The maximum absolute atomic E-state index is 10.2. The molecule has 0 saturated carbocycles. The number of hydrogen-bond acceptors (Lipinski definition) is 1. The Kier molecular flexibility index (Phi) is 5.71. The minimum atomic E-state index is -0.760. The van der Waals surface area contributed by atoms with Crippen LogP contribution in [0.4, 0.5) is 0 Å². The highest BCUT2D eigenvalue weighted by Crippen LogP contribution is 2.02. The summed E-state index contributed by atoms with van der Waals surface area (Å²) in [6.07, 6.45) is 2.57. The third-order valence-electron chi connectivity index (χ3n) is 1.42. The molecule has 0 aliphatic heterocycles. The summed E-state index contributed by atoms with van der Waals surface area (Å²) in [6, 6.07) is 0. The summed E-state index contributed by atoms with van der Waals surface area (Å²) in [7, 11) is 0. The highest BCUT2D eigenvalue weighted by molar-refractivity contribution is 5.67. The molecule has 0 heterocycles. The fourth-order valence-electron chi connectivity index (χ4n) is 0.708. The van der Waals surface area contributed by atoms with Crippen LogP contribution in [0.15, 0.2) is 11.6 Å². The first-order valence-electron chi connectivity index (χ1n) is 4.41. The van der Waals surface area contributed by atoms with Crippen molar-refractivity contribution in [3.05, 3.63) is 11.6 Å². The van der Waals surface area contributed by atoms with Gasteiger partial charge in [-0.15, -0.1) is 0 Å². The first kappa shape index (κ1) is 11.8. The van der Waals surface area contributed by atoms with Gasteiger partial charge in [-0.25, -0.2) is 0 Å². The van der Waals surface area contributed by atoms with Crippen molar-refractivity contribution in [3.8, 4) is 11.8 Å². The number of allylic oxidation sites excluding steroid dienone is 2. The number of carboxylic acid groups (broad SMARTS) is 1. The maximum atomic E-state index is 10.2. The first-order chi connectivity index (χ1) is 6.02. The van der Waals surface area contributed by atoms with Crippen LogP contribution in [0.2, 0.25) is 0 Å². The lowest BCUT2D eigenvalue weighted by Gasteiger charge is -1.94. The van der Waals surface area contributed by atoms with Crippen molar-refractivity contribution in [2.24, 2.45) is 5.92 Å². The molecule has 0 aromatic rings. The van der Waals surface area contributed by atoms with E-state index in [2.05, 4.69) is 11.8 Å². The zero-order chi connectivity index (χ0) is 10.3.